The molecule has 0 radical (unpaired) electrons. The first-order valence-electron chi connectivity index (χ1n) is 12.2. The summed E-state index contributed by atoms with van der Waals surface area (Å²) in [5.41, 5.74) is 5.41. The minimum Gasteiger partial charge on any atom is -0.371 e. The van der Waals surface area contributed by atoms with E-state index in [1.54, 1.807) is 24.3 Å². The predicted molar refractivity (Wildman–Crippen MR) is 141 cm³/mol. The van der Waals surface area contributed by atoms with Gasteiger partial charge in [-0.1, -0.05) is 84.9 Å². The molecule has 1 aliphatic rings. The zero-order chi connectivity index (χ0) is 24.7. The van der Waals surface area contributed by atoms with Gasteiger partial charge in [-0.05, 0) is 52.9 Å². The van der Waals surface area contributed by atoms with E-state index >= 15 is 0 Å². The van der Waals surface area contributed by atoms with E-state index in [0.29, 0.717) is 24.4 Å². The highest BCUT2D eigenvalue weighted by molar-refractivity contribution is 5.99. The van der Waals surface area contributed by atoms with Crippen molar-refractivity contribution in [3.8, 4) is 0 Å². The molecular weight excluding hydrogens is 448 g/mol. The number of ether oxygens (including phenoxy) is 1. The van der Waals surface area contributed by atoms with Gasteiger partial charge in [0.25, 0.3) is 5.91 Å². The van der Waals surface area contributed by atoms with Crippen LogP contribution in [0.1, 0.15) is 44.6 Å². The molecule has 2 N–H and O–H groups in total. The SMILES string of the molecule is O=C(NCC1OCCc2ccccc21)c1ccc(NC(=O)C(c2ccccc2)c2ccccc2)cc1. The van der Waals surface area contributed by atoms with Crippen molar-refractivity contribution >= 4 is 17.5 Å². The maximum absolute atomic E-state index is 13.3. The molecule has 0 bridgehead atoms. The van der Waals surface area contributed by atoms with Crippen LogP contribution in [-0.2, 0) is 16.0 Å². The number of hydrogen-bond acceptors (Lipinski definition) is 3. The second-order valence-electron chi connectivity index (χ2n) is 8.84. The van der Waals surface area contributed by atoms with E-state index in [2.05, 4.69) is 22.8 Å². The van der Waals surface area contributed by atoms with Crippen molar-refractivity contribution in [3.63, 3.8) is 0 Å². The molecule has 0 aliphatic carbocycles. The number of hydrogen-bond donors (Lipinski definition) is 2. The van der Waals surface area contributed by atoms with Gasteiger partial charge in [0, 0.05) is 17.8 Å². The van der Waals surface area contributed by atoms with Gasteiger partial charge in [0.05, 0.1) is 12.5 Å². The summed E-state index contributed by atoms with van der Waals surface area (Å²) in [6, 6.07) is 34.6. The summed E-state index contributed by atoms with van der Waals surface area (Å²) in [7, 11) is 0. The minimum absolute atomic E-state index is 0.127. The lowest BCUT2D eigenvalue weighted by Crippen LogP contribution is -2.31. The van der Waals surface area contributed by atoms with Crippen molar-refractivity contribution in [1.29, 1.82) is 0 Å². The number of anilines is 1. The Balaban J connectivity index is 1.24. The standard InChI is InChI=1S/C31H28N2O3/c34-30(32-21-28-27-14-8-7-9-22(27)19-20-36-28)25-15-17-26(18-16-25)33-31(35)29(23-10-3-1-4-11-23)24-12-5-2-6-13-24/h1-18,28-29H,19-21H2,(H,32,34)(H,33,35). The number of nitrogens with one attached hydrogen (secondary N) is 2. The van der Waals surface area contributed by atoms with E-state index in [1.165, 1.54) is 5.56 Å². The van der Waals surface area contributed by atoms with E-state index in [-0.39, 0.29) is 17.9 Å². The maximum atomic E-state index is 13.3. The molecular formula is C31H28N2O3. The number of amides is 2. The van der Waals surface area contributed by atoms with E-state index in [0.717, 1.165) is 23.1 Å². The lowest BCUT2D eigenvalue weighted by Gasteiger charge is -2.26. The van der Waals surface area contributed by atoms with Crippen molar-refractivity contribution in [2.75, 3.05) is 18.5 Å². The molecule has 1 unspecified atom stereocenters. The van der Waals surface area contributed by atoms with Crippen LogP contribution in [0.2, 0.25) is 0 Å². The molecule has 4 aromatic rings. The summed E-state index contributed by atoms with van der Waals surface area (Å²) in [5, 5.41) is 5.99. The number of carbonyl (C=O) groups excluding carboxylic acids is 2. The largest absolute Gasteiger partial charge is 0.371 e. The molecule has 5 heteroatoms. The number of benzene rings is 4. The molecule has 5 rings (SSSR count). The third-order valence-electron chi connectivity index (χ3n) is 6.48. The van der Waals surface area contributed by atoms with Gasteiger partial charge in [0.1, 0.15) is 6.10 Å². The monoisotopic (exact) mass is 476 g/mol. The molecule has 4 aromatic carbocycles. The Morgan fingerprint density at radius 3 is 2.06 bits per heavy atom. The fraction of sp³-hybridized carbons (Fsp3) is 0.161. The van der Waals surface area contributed by atoms with Crippen LogP contribution < -0.4 is 10.6 Å². The van der Waals surface area contributed by atoms with Crippen molar-refractivity contribution in [2.24, 2.45) is 0 Å². The lowest BCUT2D eigenvalue weighted by atomic mass is 9.90. The second-order valence-corrected chi connectivity index (χ2v) is 8.84. The number of rotatable bonds is 7. The van der Waals surface area contributed by atoms with Crippen molar-refractivity contribution in [1.82, 2.24) is 5.32 Å². The quantitative estimate of drug-likeness (QED) is 0.370. The Hall–Kier alpha value is -4.22. The Labute approximate surface area is 211 Å². The highest BCUT2D eigenvalue weighted by Crippen LogP contribution is 2.27. The predicted octanol–water partition coefficient (Wildman–Crippen LogP) is 5.50. The van der Waals surface area contributed by atoms with E-state index in [9.17, 15) is 9.59 Å². The van der Waals surface area contributed by atoms with Crippen LogP contribution in [0.3, 0.4) is 0 Å². The third-order valence-corrected chi connectivity index (χ3v) is 6.48. The van der Waals surface area contributed by atoms with Gasteiger partial charge in [-0.3, -0.25) is 9.59 Å². The average Bonchev–Trinajstić information content (AvgIpc) is 2.93. The summed E-state index contributed by atoms with van der Waals surface area (Å²) >= 11 is 0. The molecule has 1 heterocycles. The van der Waals surface area contributed by atoms with Gasteiger partial charge in [-0.15, -0.1) is 0 Å². The van der Waals surface area contributed by atoms with Gasteiger partial charge >= 0.3 is 0 Å². The average molecular weight is 477 g/mol. The smallest absolute Gasteiger partial charge is 0.251 e. The van der Waals surface area contributed by atoms with Crippen LogP contribution >= 0.6 is 0 Å². The molecule has 0 spiro atoms. The first-order chi connectivity index (χ1) is 17.7. The van der Waals surface area contributed by atoms with Crippen molar-refractivity contribution in [3.05, 3.63) is 137 Å². The molecule has 0 aromatic heterocycles. The first-order valence-corrected chi connectivity index (χ1v) is 12.2. The molecule has 180 valence electrons. The van der Waals surface area contributed by atoms with Crippen LogP contribution in [0.15, 0.2) is 109 Å². The summed E-state index contributed by atoms with van der Waals surface area (Å²) in [6.45, 7) is 1.06. The molecule has 0 fully saturated rings. The normalized spacial score (nSPS) is 14.6. The van der Waals surface area contributed by atoms with Crippen molar-refractivity contribution < 1.29 is 14.3 Å². The fourth-order valence-corrected chi connectivity index (χ4v) is 4.64. The highest BCUT2D eigenvalue weighted by atomic mass is 16.5. The zero-order valence-corrected chi connectivity index (χ0v) is 19.9. The Bertz CT molecular complexity index is 1280. The fourth-order valence-electron chi connectivity index (χ4n) is 4.64. The van der Waals surface area contributed by atoms with Gasteiger partial charge in [0.15, 0.2) is 0 Å². The van der Waals surface area contributed by atoms with Crippen LogP contribution in [0.4, 0.5) is 5.69 Å². The summed E-state index contributed by atoms with van der Waals surface area (Å²) in [4.78, 5) is 26.1. The van der Waals surface area contributed by atoms with Crippen LogP contribution in [0, 0.1) is 0 Å². The Kier molecular flexibility index (Phi) is 7.20. The van der Waals surface area contributed by atoms with E-state index in [1.807, 2.05) is 72.8 Å². The van der Waals surface area contributed by atoms with E-state index < -0.39 is 5.92 Å². The van der Waals surface area contributed by atoms with Crippen LogP contribution in [-0.4, -0.2) is 25.0 Å². The number of fused-ring (bicyclic) bond motifs is 1. The topological polar surface area (TPSA) is 67.4 Å². The van der Waals surface area contributed by atoms with Crippen molar-refractivity contribution in [2.45, 2.75) is 18.4 Å². The molecule has 1 atom stereocenters. The Morgan fingerprint density at radius 1 is 0.778 bits per heavy atom. The number of carbonyl (C=O) groups is 2. The van der Waals surface area contributed by atoms with E-state index in [4.69, 9.17) is 4.74 Å². The molecule has 2 amide bonds. The third kappa shape index (κ3) is 5.37. The molecule has 5 nitrogen and oxygen atoms in total. The second kappa shape index (κ2) is 11.0. The van der Waals surface area contributed by atoms with Gasteiger partial charge in [-0.25, -0.2) is 0 Å². The summed E-state index contributed by atoms with van der Waals surface area (Å²) < 4.78 is 5.89. The van der Waals surface area contributed by atoms with Crippen LogP contribution in [0.25, 0.3) is 0 Å². The Morgan fingerprint density at radius 2 is 1.39 bits per heavy atom. The zero-order valence-electron chi connectivity index (χ0n) is 19.9. The summed E-state index contributed by atoms with van der Waals surface area (Å²) in [5.74, 6) is -0.738. The van der Waals surface area contributed by atoms with Gasteiger partial charge in [0.2, 0.25) is 5.91 Å². The molecule has 36 heavy (non-hydrogen) atoms. The highest BCUT2D eigenvalue weighted by Gasteiger charge is 2.23. The molecule has 0 saturated heterocycles. The maximum Gasteiger partial charge on any atom is 0.251 e. The van der Waals surface area contributed by atoms with Crippen LogP contribution in [0.5, 0.6) is 0 Å². The first kappa shape index (κ1) is 23.5. The molecule has 1 aliphatic heterocycles. The minimum atomic E-state index is -0.436. The lowest BCUT2D eigenvalue weighted by molar-refractivity contribution is -0.116. The van der Waals surface area contributed by atoms with Gasteiger partial charge in [-0.2, -0.15) is 0 Å². The summed E-state index contributed by atoms with van der Waals surface area (Å²) in [6.07, 6.45) is 0.744. The van der Waals surface area contributed by atoms with Gasteiger partial charge < -0.3 is 15.4 Å². The molecule has 0 saturated carbocycles.